The van der Waals surface area contributed by atoms with E-state index in [4.69, 9.17) is 16.9 Å². The van der Waals surface area contributed by atoms with E-state index in [0.717, 1.165) is 5.56 Å². The lowest BCUT2D eigenvalue weighted by Gasteiger charge is -2.04. The molecule has 0 spiro atoms. The Bertz CT molecular complexity index is 730. The lowest BCUT2D eigenvalue weighted by molar-refractivity contribution is 0.0955. The van der Waals surface area contributed by atoms with Gasteiger partial charge in [0, 0.05) is 0 Å². The molecule has 2 aromatic rings. The van der Waals surface area contributed by atoms with Crippen LogP contribution in [0.5, 0.6) is 0 Å². The number of nitrogens with one attached hydrogen (secondary N) is 1. The van der Waals surface area contributed by atoms with Crippen LogP contribution in [0.15, 0.2) is 53.6 Å². The molecule has 0 bridgehead atoms. The Morgan fingerprint density at radius 3 is 2.48 bits per heavy atom. The van der Waals surface area contributed by atoms with Crippen LogP contribution < -0.4 is 5.43 Å². The molecule has 104 valence electrons. The van der Waals surface area contributed by atoms with E-state index in [2.05, 4.69) is 10.5 Å². The number of hydrogen-bond donors (Lipinski definition) is 1. The van der Waals surface area contributed by atoms with Gasteiger partial charge in [-0.1, -0.05) is 35.9 Å². The van der Waals surface area contributed by atoms with Gasteiger partial charge in [0.2, 0.25) is 0 Å². The van der Waals surface area contributed by atoms with E-state index < -0.39 is 0 Å². The lowest BCUT2D eigenvalue weighted by Crippen LogP contribution is -2.19. The molecule has 4 nitrogen and oxygen atoms in total. The number of nitrogens with zero attached hydrogens (tertiary/aromatic N) is 2. The van der Waals surface area contributed by atoms with Crippen LogP contribution in [0, 0.1) is 11.3 Å². The zero-order chi connectivity index (χ0) is 15.2. The molecule has 0 saturated carbocycles. The van der Waals surface area contributed by atoms with E-state index in [1.165, 1.54) is 0 Å². The quantitative estimate of drug-likeness (QED) is 0.697. The smallest absolute Gasteiger partial charge is 0.267 e. The van der Waals surface area contributed by atoms with Crippen LogP contribution in [-0.4, -0.2) is 11.6 Å². The van der Waals surface area contributed by atoms with Gasteiger partial charge in [0.15, 0.2) is 0 Å². The summed E-state index contributed by atoms with van der Waals surface area (Å²) in [6, 6.07) is 15.8. The van der Waals surface area contributed by atoms with Crippen LogP contribution in [0.3, 0.4) is 0 Å². The zero-order valence-corrected chi connectivity index (χ0v) is 12.1. The Labute approximate surface area is 127 Å². The van der Waals surface area contributed by atoms with Crippen molar-refractivity contribution in [1.82, 2.24) is 5.43 Å². The molecule has 2 aromatic carbocycles. The molecular weight excluding hydrogens is 286 g/mol. The number of hydrazone groups is 1. The van der Waals surface area contributed by atoms with E-state index in [1.807, 2.05) is 6.07 Å². The van der Waals surface area contributed by atoms with E-state index >= 15 is 0 Å². The molecule has 1 N–H and O–H groups in total. The Morgan fingerprint density at radius 1 is 1.19 bits per heavy atom. The van der Waals surface area contributed by atoms with Gasteiger partial charge in [0.1, 0.15) is 0 Å². The summed E-state index contributed by atoms with van der Waals surface area (Å²) in [5.74, 6) is -0.367. The second kappa shape index (κ2) is 6.69. The minimum Gasteiger partial charge on any atom is -0.267 e. The van der Waals surface area contributed by atoms with E-state index in [1.54, 1.807) is 55.5 Å². The molecule has 2 rings (SSSR count). The van der Waals surface area contributed by atoms with Gasteiger partial charge in [0.05, 0.1) is 27.9 Å². The van der Waals surface area contributed by atoms with Crippen molar-refractivity contribution >= 4 is 23.2 Å². The minimum absolute atomic E-state index is 0.367. The highest BCUT2D eigenvalue weighted by molar-refractivity contribution is 6.33. The maximum absolute atomic E-state index is 12.0. The standard InChI is InChI=1S/C16H12ClN3O/c1-11(13-8-6-12(10-18)7-9-13)19-20-16(21)14-4-2-3-5-15(14)17/h2-9H,1H3,(H,20,21). The summed E-state index contributed by atoms with van der Waals surface area (Å²) in [5.41, 5.74) is 4.88. The van der Waals surface area contributed by atoms with Crippen molar-refractivity contribution < 1.29 is 4.79 Å². The fourth-order valence-corrected chi connectivity index (χ4v) is 1.91. The second-order valence-corrected chi connectivity index (χ2v) is 4.71. The van der Waals surface area contributed by atoms with Crippen molar-refractivity contribution in [2.45, 2.75) is 6.92 Å². The van der Waals surface area contributed by atoms with Gasteiger partial charge in [-0.05, 0) is 36.8 Å². The summed E-state index contributed by atoms with van der Waals surface area (Å²) < 4.78 is 0. The number of carbonyl (C=O) groups excluding carboxylic acids is 1. The van der Waals surface area contributed by atoms with Gasteiger partial charge in [-0.25, -0.2) is 5.43 Å². The molecule has 5 heteroatoms. The number of carbonyl (C=O) groups is 1. The Morgan fingerprint density at radius 2 is 1.86 bits per heavy atom. The molecule has 0 heterocycles. The Kier molecular flexibility index (Phi) is 4.70. The number of halogens is 1. The van der Waals surface area contributed by atoms with Crippen LogP contribution in [0.1, 0.15) is 28.4 Å². The molecule has 1 amide bonds. The predicted octanol–water partition coefficient (Wildman–Crippen LogP) is 3.37. The molecule has 0 aromatic heterocycles. The van der Waals surface area contributed by atoms with Gasteiger partial charge in [-0.3, -0.25) is 4.79 Å². The van der Waals surface area contributed by atoms with Crippen molar-refractivity contribution in [3.8, 4) is 6.07 Å². The molecule has 0 aliphatic heterocycles. The molecule has 0 aliphatic carbocycles. The van der Waals surface area contributed by atoms with Gasteiger partial charge in [-0.15, -0.1) is 0 Å². The number of benzene rings is 2. The summed E-state index contributed by atoms with van der Waals surface area (Å²) in [6.07, 6.45) is 0. The van der Waals surface area contributed by atoms with Crippen LogP contribution >= 0.6 is 11.6 Å². The first-order valence-corrected chi connectivity index (χ1v) is 6.59. The minimum atomic E-state index is -0.367. The zero-order valence-electron chi connectivity index (χ0n) is 11.3. The van der Waals surface area contributed by atoms with Crippen molar-refractivity contribution in [2.75, 3.05) is 0 Å². The average molecular weight is 298 g/mol. The van der Waals surface area contributed by atoms with Crippen LogP contribution in [0.2, 0.25) is 5.02 Å². The first-order valence-electron chi connectivity index (χ1n) is 6.21. The molecule has 0 fully saturated rings. The highest BCUT2D eigenvalue weighted by atomic mass is 35.5. The number of nitriles is 1. The van der Waals surface area contributed by atoms with Crippen molar-refractivity contribution in [2.24, 2.45) is 5.10 Å². The van der Waals surface area contributed by atoms with E-state index in [-0.39, 0.29) is 5.91 Å². The topological polar surface area (TPSA) is 65.2 Å². The Balaban J connectivity index is 2.11. The fourth-order valence-electron chi connectivity index (χ4n) is 1.69. The van der Waals surface area contributed by atoms with Gasteiger partial charge >= 0.3 is 0 Å². The second-order valence-electron chi connectivity index (χ2n) is 4.31. The summed E-state index contributed by atoms with van der Waals surface area (Å²) in [7, 11) is 0. The summed E-state index contributed by atoms with van der Waals surface area (Å²) in [5, 5.41) is 13.2. The van der Waals surface area contributed by atoms with Crippen LogP contribution in [-0.2, 0) is 0 Å². The summed E-state index contributed by atoms with van der Waals surface area (Å²) in [4.78, 5) is 12.0. The van der Waals surface area contributed by atoms with Crippen LogP contribution in [0.25, 0.3) is 0 Å². The molecule has 0 radical (unpaired) electrons. The van der Waals surface area contributed by atoms with Crippen molar-refractivity contribution in [3.63, 3.8) is 0 Å². The van der Waals surface area contributed by atoms with E-state index in [9.17, 15) is 4.79 Å². The molecule has 0 unspecified atom stereocenters. The molecule has 0 saturated heterocycles. The van der Waals surface area contributed by atoms with E-state index in [0.29, 0.717) is 21.9 Å². The third kappa shape index (κ3) is 3.68. The third-order valence-electron chi connectivity index (χ3n) is 2.88. The molecular formula is C16H12ClN3O. The average Bonchev–Trinajstić information content (AvgIpc) is 2.52. The predicted molar refractivity (Wildman–Crippen MR) is 82.3 cm³/mol. The van der Waals surface area contributed by atoms with Gasteiger partial charge < -0.3 is 0 Å². The lowest BCUT2D eigenvalue weighted by atomic mass is 10.1. The van der Waals surface area contributed by atoms with Crippen molar-refractivity contribution in [1.29, 1.82) is 5.26 Å². The number of hydrogen-bond acceptors (Lipinski definition) is 3. The SMILES string of the molecule is CC(=NNC(=O)c1ccccc1Cl)c1ccc(C#N)cc1. The highest BCUT2D eigenvalue weighted by Gasteiger charge is 2.08. The maximum atomic E-state index is 12.0. The number of rotatable bonds is 3. The molecule has 0 atom stereocenters. The largest absolute Gasteiger partial charge is 0.272 e. The van der Waals surface area contributed by atoms with Gasteiger partial charge in [0.25, 0.3) is 5.91 Å². The Hall–Kier alpha value is -2.64. The number of amides is 1. The summed E-state index contributed by atoms with van der Waals surface area (Å²) in [6.45, 7) is 1.77. The first kappa shape index (κ1) is 14.8. The van der Waals surface area contributed by atoms with Gasteiger partial charge in [-0.2, -0.15) is 10.4 Å². The third-order valence-corrected chi connectivity index (χ3v) is 3.20. The normalized spacial score (nSPS) is 10.8. The first-order chi connectivity index (χ1) is 10.1. The van der Waals surface area contributed by atoms with Crippen LogP contribution in [0.4, 0.5) is 0 Å². The maximum Gasteiger partial charge on any atom is 0.272 e. The fraction of sp³-hybridized carbons (Fsp3) is 0.0625. The monoisotopic (exact) mass is 297 g/mol. The molecule has 0 aliphatic rings. The van der Waals surface area contributed by atoms with Crippen molar-refractivity contribution in [3.05, 3.63) is 70.2 Å². The molecule has 21 heavy (non-hydrogen) atoms. The highest BCUT2D eigenvalue weighted by Crippen LogP contribution is 2.14. The summed E-state index contributed by atoms with van der Waals surface area (Å²) >= 11 is 5.94.